The normalized spacial score (nSPS) is 18.9. The average Bonchev–Trinajstić information content (AvgIpc) is 3.00. The summed E-state index contributed by atoms with van der Waals surface area (Å²) in [5.41, 5.74) is 7.86. The van der Waals surface area contributed by atoms with Gasteiger partial charge >= 0.3 is 0 Å². The van der Waals surface area contributed by atoms with Crippen molar-refractivity contribution in [2.45, 2.75) is 25.6 Å². The van der Waals surface area contributed by atoms with Crippen LogP contribution >= 0.6 is 12.6 Å². The van der Waals surface area contributed by atoms with Crippen LogP contribution in [0.1, 0.15) is 18.8 Å². The van der Waals surface area contributed by atoms with Crippen LogP contribution in [0, 0.1) is 0 Å². The van der Waals surface area contributed by atoms with Gasteiger partial charge in [0.05, 0.1) is 17.8 Å². The van der Waals surface area contributed by atoms with Gasteiger partial charge in [0.2, 0.25) is 5.91 Å². The average molecular weight is 316 g/mol. The second-order valence-corrected chi connectivity index (χ2v) is 5.91. The molecule has 0 unspecified atom stereocenters. The van der Waals surface area contributed by atoms with Crippen molar-refractivity contribution >= 4 is 18.5 Å². The largest absolute Gasteiger partial charge is 0.331 e. The first kappa shape index (κ1) is 15.1. The number of hydrogen-bond acceptors (Lipinski definition) is 4. The summed E-state index contributed by atoms with van der Waals surface area (Å²) in [5.74, 6) is 1.20. The maximum absolute atomic E-state index is 12.3. The van der Waals surface area contributed by atoms with Crippen molar-refractivity contribution in [3.05, 3.63) is 42.4 Å². The van der Waals surface area contributed by atoms with E-state index in [-0.39, 0.29) is 11.9 Å². The van der Waals surface area contributed by atoms with Crippen LogP contribution in [0.25, 0.3) is 11.3 Å². The third-order valence-electron chi connectivity index (χ3n) is 4.10. The monoisotopic (exact) mass is 316 g/mol. The van der Waals surface area contributed by atoms with Gasteiger partial charge in [0.25, 0.3) is 0 Å². The van der Waals surface area contributed by atoms with Crippen LogP contribution in [-0.4, -0.2) is 38.7 Å². The lowest BCUT2D eigenvalue weighted by molar-refractivity contribution is -0.135. The van der Waals surface area contributed by atoms with E-state index in [2.05, 4.69) is 23.4 Å². The number of hydrogen-bond donors (Lipinski definition) is 2. The summed E-state index contributed by atoms with van der Waals surface area (Å²) in [4.78, 5) is 18.9. The zero-order valence-electron chi connectivity index (χ0n) is 12.5. The number of carbonyl (C=O) groups is 1. The van der Waals surface area contributed by atoms with E-state index in [0.29, 0.717) is 12.3 Å². The van der Waals surface area contributed by atoms with Crippen molar-refractivity contribution in [2.75, 3.05) is 12.3 Å². The Hall–Kier alpha value is -1.79. The van der Waals surface area contributed by atoms with E-state index in [1.807, 2.05) is 37.3 Å². The molecule has 2 aromatic rings. The number of aromatic nitrogens is 2. The number of imidazole rings is 1. The van der Waals surface area contributed by atoms with Gasteiger partial charge in [-0.05, 0) is 6.92 Å². The van der Waals surface area contributed by atoms with E-state index in [4.69, 9.17) is 10.7 Å². The first-order valence-electron chi connectivity index (χ1n) is 7.41. The lowest BCUT2D eigenvalue weighted by Crippen LogP contribution is -2.49. The predicted molar refractivity (Wildman–Crippen MR) is 89.6 cm³/mol. The molecule has 0 bridgehead atoms. The second-order valence-electron chi connectivity index (χ2n) is 5.54. The lowest BCUT2D eigenvalue weighted by atomic mass is 10.1. The van der Waals surface area contributed by atoms with E-state index in [0.717, 1.165) is 23.6 Å². The molecule has 1 aromatic carbocycles. The van der Waals surface area contributed by atoms with Crippen molar-refractivity contribution in [1.82, 2.24) is 14.5 Å². The second kappa shape index (κ2) is 6.14. The minimum atomic E-state index is -0.555. The number of amides is 1. The van der Waals surface area contributed by atoms with Crippen molar-refractivity contribution in [2.24, 2.45) is 5.73 Å². The van der Waals surface area contributed by atoms with Crippen LogP contribution in [0.3, 0.4) is 0 Å². The standard InChI is InChI=1S/C16H20N4OS/c1-11-15-18-14(12-5-3-2-4-6-12)9-19(15)7-8-20(11)16(21)13(17)10-22/h2-6,9,11,13,22H,7-8,10,17H2,1H3/t11-,13-/m0/s1. The molecule has 0 aliphatic carbocycles. The molecule has 2 heterocycles. The maximum Gasteiger partial charge on any atom is 0.241 e. The first-order chi connectivity index (χ1) is 10.6. The Morgan fingerprint density at radius 2 is 2.14 bits per heavy atom. The van der Waals surface area contributed by atoms with E-state index >= 15 is 0 Å². The van der Waals surface area contributed by atoms with E-state index in [9.17, 15) is 4.79 Å². The Morgan fingerprint density at radius 1 is 1.41 bits per heavy atom. The maximum atomic E-state index is 12.3. The molecule has 0 spiro atoms. The van der Waals surface area contributed by atoms with Crippen molar-refractivity contribution in [3.63, 3.8) is 0 Å². The Labute approximate surface area is 135 Å². The molecule has 0 radical (unpaired) electrons. The Bertz CT molecular complexity index is 670. The van der Waals surface area contributed by atoms with Crippen LogP contribution in [-0.2, 0) is 11.3 Å². The van der Waals surface area contributed by atoms with E-state index in [1.165, 1.54) is 0 Å². The highest BCUT2D eigenvalue weighted by molar-refractivity contribution is 7.80. The SMILES string of the molecule is C[C@H]1c2nc(-c3ccccc3)cn2CCN1C(=O)[C@@H](N)CS. The molecule has 2 N–H and O–H groups in total. The highest BCUT2D eigenvalue weighted by Gasteiger charge is 2.31. The van der Waals surface area contributed by atoms with Crippen LogP contribution in [0.15, 0.2) is 36.5 Å². The van der Waals surface area contributed by atoms with Crippen LogP contribution in [0.5, 0.6) is 0 Å². The summed E-state index contributed by atoms with van der Waals surface area (Å²) in [6.45, 7) is 3.39. The molecular weight excluding hydrogens is 296 g/mol. The molecule has 116 valence electrons. The van der Waals surface area contributed by atoms with Crippen LogP contribution in [0.2, 0.25) is 0 Å². The van der Waals surface area contributed by atoms with Gasteiger partial charge in [-0.1, -0.05) is 30.3 Å². The van der Waals surface area contributed by atoms with Gasteiger partial charge in [-0.25, -0.2) is 4.98 Å². The smallest absolute Gasteiger partial charge is 0.241 e. The lowest BCUT2D eigenvalue weighted by Gasteiger charge is -2.35. The number of rotatable bonds is 3. The summed E-state index contributed by atoms with van der Waals surface area (Å²) >= 11 is 4.12. The van der Waals surface area contributed by atoms with Crippen LogP contribution in [0.4, 0.5) is 0 Å². The Kier molecular flexibility index (Phi) is 4.22. The minimum absolute atomic E-state index is 0.0574. The zero-order chi connectivity index (χ0) is 15.7. The molecular formula is C16H20N4OS. The minimum Gasteiger partial charge on any atom is -0.331 e. The number of carbonyl (C=O) groups excluding carboxylic acids is 1. The number of thiol groups is 1. The van der Waals surface area contributed by atoms with Gasteiger partial charge < -0.3 is 15.2 Å². The fourth-order valence-electron chi connectivity index (χ4n) is 2.83. The third-order valence-corrected chi connectivity index (χ3v) is 4.49. The summed E-state index contributed by atoms with van der Waals surface area (Å²) in [7, 11) is 0. The van der Waals surface area contributed by atoms with E-state index in [1.54, 1.807) is 4.90 Å². The zero-order valence-corrected chi connectivity index (χ0v) is 13.4. The topological polar surface area (TPSA) is 64.2 Å². The summed E-state index contributed by atoms with van der Waals surface area (Å²) in [6.07, 6.45) is 2.06. The number of nitrogens with zero attached hydrogens (tertiary/aromatic N) is 3. The molecule has 0 saturated heterocycles. The highest BCUT2D eigenvalue weighted by atomic mass is 32.1. The fourth-order valence-corrected chi connectivity index (χ4v) is 2.99. The van der Waals surface area contributed by atoms with Crippen molar-refractivity contribution in [3.8, 4) is 11.3 Å². The van der Waals surface area contributed by atoms with Crippen molar-refractivity contribution < 1.29 is 4.79 Å². The Balaban J connectivity index is 1.89. The molecule has 5 nitrogen and oxygen atoms in total. The molecule has 2 atom stereocenters. The molecule has 1 amide bonds. The quantitative estimate of drug-likeness (QED) is 0.847. The summed E-state index contributed by atoms with van der Waals surface area (Å²) in [6, 6.07) is 9.43. The van der Waals surface area contributed by atoms with Gasteiger partial charge in [0, 0.05) is 30.6 Å². The number of fused-ring (bicyclic) bond motifs is 1. The summed E-state index contributed by atoms with van der Waals surface area (Å²) < 4.78 is 2.13. The molecule has 6 heteroatoms. The fraction of sp³-hybridized carbons (Fsp3) is 0.375. The van der Waals surface area contributed by atoms with Gasteiger partial charge in [0.15, 0.2) is 0 Å². The molecule has 1 aliphatic heterocycles. The van der Waals surface area contributed by atoms with Crippen LogP contribution < -0.4 is 5.73 Å². The Morgan fingerprint density at radius 3 is 2.82 bits per heavy atom. The molecule has 22 heavy (non-hydrogen) atoms. The predicted octanol–water partition coefficient (Wildman–Crippen LogP) is 1.71. The molecule has 3 rings (SSSR count). The third kappa shape index (κ3) is 2.64. The highest BCUT2D eigenvalue weighted by Crippen LogP contribution is 2.28. The van der Waals surface area contributed by atoms with Gasteiger partial charge in [-0.3, -0.25) is 4.79 Å². The molecule has 1 aliphatic rings. The number of nitrogens with two attached hydrogens (primary N) is 1. The van der Waals surface area contributed by atoms with Gasteiger partial charge in [-0.15, -0.1) is 0 Å². The molecule has 1 aromatic heterocycles. The van der Waals surface area contributed by atoms with E-state index < -0.39 is 6.04 Å². The van der Waals surface area contributed by atoms with Gasteiger partial charge in [-0.2, -0.15) is 12.6 Å². The molecule has 0 saturated carbocycles. The summed E-state index contributed by atoms with van der Waals surface area (Å²) in [5, 5.41) is 0. The molecule has 0 fully saturated rings. The van der Waals surface area contributed by atoms with Crippen molar-refractivity contribution in [1.29, 1.82) is 0 Å². The first-order valence-corrected chi connectivity index (χ1v) is 8.04. The van der Waals surface area contributed by atoms with Gasteiger partial charge in [0.1, 0.15) is 5.82 Å². The number of benzene rings is 1.